The number of carbonyl (C=O) groups is 14. The van der Waals surface area contributed by atoms with Crippen molar-refractivity contribution in [1.82, 2.24) is 54.2 Å². The van der Waals surface area contributed by atoms with Crippen LogP contribution in [0.25, 0.3) is 0 Å². The number of ketones is 6. The summed E-state index contributed by atoms with van der Waals surface area (Å²) in [5.41, 5.74) is 1.58. The van der Waals surface area contributed by atoms with Crippen LogP contribution in [-0.4, -0.2) is 346 Å². The van der Waals surface area contributed by atoms with Gasteiger partial charge in [-0.05, 0) is 148 Å². The smallest absolute Gasteiger partial charge is 0.320 e. The van der Waals surface area contributed by atoms with Crippen LogP contribution >= 0.6 is 0 Å². The minimum absolute atomic E-state index is 0.00184. The van der Waals surface area contributed by atoms with E-state index < -0.39 is 101 Å². The Morgan fingerprint density at radius 1 is 0.357 bits per heavy atom. The highest BCUT2D eigenvalue weighted by Crippen LogP contribution is 2.26. The number of aliphatic carboxylic acids is 7. The highest BCUT2D eigenvalue weighted by molar-refractivity contribution is 5.81. The third-order valence-electron chi connectivity index (χ3n) is 23.1. The zero-order valence-corrected chi connectivity index (χ0v) is 74.8. The van der Waals surface area contributed by atoms with Crippen molar-refractivity contribution in [2.24, 2.45) is 0 Å². The van der Waals surface area contributed by atoms with Gasteiger partial charge in [-0.3, -0.25) is 58.4 Å². The Bertz CT molecular complexity index is 4390. The van der Waals surface area contributed by atoms with E-state index in [-0.39, 0.29) is 311 Å². The number of carboxylic acids is 7. The molecular formula is C88H125N16O25-5. The molecule has 3 heterocycles. The molecule has 8 unspecified atom stereocenters. The summed E-state index contributed by atoms with van der Waals surface area (Å²) in [5.74, 6) is -11.6. The number of ether oxygens (including phenoxy) is 2. The second kappa shape index (κ2) is 55.9. The summed E-state index contributed by atoms with van der Waals surface area (Å²) < 4.78 is 11.5. The fourth-order valence-corrected chi connectivity index (χ4v) is 15.7. The lowest BCUT2D eigenvalue weighted by Crippen LogP contribution is -2.59. The van der Waals surface area contributed by atoms with Crippen LogP contribution in [-0.2, 0) is 89.4 Å². The SMILES string of the molecule is CCCNc1c(NCCOCCOCCNc2nc(Nc3ccc(CCC(C(=O)O)N4CCN(C(C=O)CCC(C)=O)CCN(C(CCC(C)=O)C(=O)[O-])CCN(C(CCC(C)=O)C(=O)[O-])CC4)cc3)nc(Nc3ccc(CCC(C(=O)O)N4CCN(C(CCC(C)=O)C(=O)[O-])CCN(C(CCC(C)=O)C(=O)[O-])CCN(C(CCC(C)=O)C(=O)[O-])CC4)cc3)n2)c(=O)c1=O. The molecule has 2 saturated heterocycles. The van der Waals surface area contributed by atoms with Crippen LogP contribution < -0.4 is 63.0 Å². The first-order valence-corrected chi connectivity index (χ1v) is 44.0. The maximum atomic E-state index is 13.6. The molecule has 0 radical (unpaired) electrons. The maximum Gasteiger partial charge on any atom is 0.320 e. The van der Waals surface area contributed by atoms with Gasteiger partial charge in [0.25, 0.3) is 10.9 Å². The van der Waals surface area contributed by atoms with E-state index in [2.05, 4.69) is 41.5 Å². The molecule has 0 aliphatic carbocycles. The van der Waals surface area contributed by atoms with Crippen LogP contribution in [0.2, 0.25) is 0 Å². The largest absolute Gasteiger partial charge is 0.548 e. The van der Waals surface area contributed by atoms with E-state index in [0.29, 0.717) is 35.3 Å². The molecule has 2 aliphatic heterocycles. The van der Waals surface area contributed by atoms with Gasteiger partial charge in [-0.1, -0.05) is 31.2 Å². The summed E-state index contributed by atoms with van der Waals surface area (Å²) in [7, 11) is 0. The summed E-state index contributed by atoms with van der Waals surface area (Å²) in [4.78, 5) is 229. The van der Waals surface area contributed by atoms with Crippen LogP contribution in [0.15, 0.2) is 58.1 Å². The predicted octanol–water partition coefficient (Wildman–Crippen LogP) is -3.08. The van der Waals surface area contributed by atoms with Crippen molar-refractivity contribution in [2.75, 3.05) is 177 Å². The van der Waals surface area contributed by atoms with Crippen LogP contribution in [0.5, 0.6) is 0 Å². The number of nitrogens with zero attached hydrogens (tertiary/aromatic N) is 11. The lowest BCUT2D eigenvalue weighted by atomic mass is 10.0. The monoisotopic (exact) mass is 1810 g/mol. The quantitative estimate of drug-likeness (QED) is 0.0131. The molecule has 8 atom stereocenters. The number of nitrogens with one attached hydrogen (secondary N) is 5. The Labute approximate surface area is 750 Å². The normalized spacial score (nSPS) is 17.0. The molecule has 41 nitrogen and oxygen atoms in total. The van der Waals surface area contributed by atoms with Crippen LogP contribution in [0.4, 0.5) is 40.6 Å². The molecule has 0 spiro atoms. The second-order valence-electron chi connectivity index (χ2n) is 32.8. The van der Waals surface area contributed by atoms with E-state index in [1.54, 1.807) is 68.1 Å². The van der Waals surface area contributed by atoms with Crippen molar-refractivity contribution in [1.29, 1.82) is 0 Å². The van der Waals surface area contributed by atoms with Gasteiger partial charge < -0.3 is 129 Å². The molecule has 129 heavy (non-hydrogen) atoms. The van der Waals surface area contributed by atoms with Gasteiger partial charge in [-0.25, -0.2) is 0 Å². The van der Waals surface area contributed by atoms with Crippen molar-refractivity contribution in [3.8, 4) is 0 Å². The van der Waals surface area contributed by atoms with E-state index in [9.17, 15) is 112 Å². The fourth-order valence-electron chi connectivity index (χ4n) is 15.7. The fraction of sp³-hybridized carbons (Fsp3) is 0.625. The first-order valence-electron chi connectivity index (χ1n) is 44.0. The van der Waals surface area contributed by atoms with Crippen LogP contribution in [0, 0.1) is 0 Å². The van der Waals surface area contributed by atoms with Crippen LogP contribution in [0.1, 0.15) is 156 Å². The van der Waals surface area contributed by atoms with E-state index in [1.807, 2.05) is 6.92 Å². The minimum Gasteiger partial charge on any atom is -0.548 e. The van der Waals surface area contributed by atoms with Gasteiger partial charge in [-0.2, -0.15) is 15.0 Å². The first-order chi connectivity index (χ1) is 61.5. The number of hydrogen-bond acceptors (Lipinski definition) is 39. The third-order valence-corrected chi connectivity index (χ3v) is 23.1. The lowest BCUT2D eigenvalue weighted by molar-refractivity contribution is -0.314. The summed E-state index contributed by atoms with van der Waals surface area (Å²) in [6.45, 7) is 9.96. The Kier molecular flexibility index (Phi) is 46.3. The number of aldehydes is 1. The van der Waals surface area contributed by atoms with Gasteiger partial charge in [-0.15, -0.1) is 0 Å². The molecule has 4 aromatic rings. The van der Waals surface area contributed by atoms with Gasteiger partial charge in [0.05, 0.1) is 62.3 Å². The highest BCUT2D eigenvalue weighted by atomic mass is 16.5. The summed E-state index contributed by atoms with van der Waals surface area (Å²) in [5, 5.41) is 102. The summed E-state index contributed by atoms with van der Waals surface area (Å²) in [6.07, 6.45) is 0.273. The van der Waals surface area contributed by atoms with Gasteiger partial charge in [0.2, 0.25) is 17.8 Å². The Hall–Kier alpha value is -10.9. The standard InChI is InChI=1S/C88H130N16O25/c1-8-33-89-75-76(78(113)77(75)112)90-34-52-128-54-55-129-53-35-91-86-94-87(92-65-21-15-63(16-22-65)19-31-73(84(124)125)99-39-37-97(67(56-105)25-9-57(2)106)36-38-98(68(79(114)115)26-10-58(3)107)40-42-100(43-41-99)69(80(116)117)27-11-59(4)108)96-88(95-86)93-66-23-17-64(18-24-66)20-32-74(85(126)127)104-50-48-102(71(82(120)121)29-13-61(6)110)46-44-101(70(81(118)119)28-12-60(5)109)45-47-103(49-51-104)72(83(122)123)30-14-62(7)111/h15-18,21-24,56,67-74,89-90H,8-14,19-20,25-55H2,1-7H3,(H,114,115)(H,116,117)(H,118,119)(H,120,121)(H,122,123)(H,124,125)(H,126,127)(H3,91,92,93,94,95,96)/p-5. The minimum atomic E-state index is -1.54. The van der Waals surface area contributed by atoms with Gasteiger partial charge in [0, 0.05) is 204 Å². The van der Waals surface area contributed by atoms with Crippen molar-refractivity contribution in [3.63, 3.8) is 0 Å². The summed E-state index contributed by atoms with van der Waals surface area (Å²) in [6, 6.07) is 3.63. The number of rotatable bonds is 58. The molecule has 7 N–H and O–H groups in total. The molecule has 6 rings (SSSR count). The molecule has 1 aromatic heterocycles. The Balaban J connectivity index is 1.26. The number of aromatic nitrogens is 3. The third kappa shape index (κ3) is 37.2. The van der Waals surface area contributed by atoms with Gasteiger partial charge in [0.15, 0.2) is 0 Å². The van der Waals surface area contributed by atoms with E-state index in [0.717, 1.165) is 6.42 Å². The van der Waals surface area contributed by atoms with E-state index >= 15 is 0 Å². The number of hydrogen-bond donors (Lipinski definition) is 7. The number of anilines is 7. The molecule has 0 bridgehead atoms. The number of aryl methyl sites for hydroxylation is 2. The first kappa shape index (κ1) is 107. The molecule has 712 valence electrons. The zero-order valence-electron chi connectivity index (χ0n) is 74.8. The number of carbonyl (C=O) groups excluding carboxylic acids is 12. The average molecular weight is 1810 g/mol. The predicted molar refractivity (Wildman–Crippen MR) is 463 cm³/mol. The van der Waals surface area contributed by atoms with Gasteiger partial charge >= 0.3 is 11.9 Å². The number of Topliss-reactive ketones (excluding diaryl/α,β-unsaturated/α-hetero) is 6. The molecular weight excluding hydrogens is 1680 g/mol. The Morgan fingerprint density at radius 2 is 0.612 bits per heavy atom. The Morgan fingerprint density at radius 3 is 0.876 bits per heavy atom. The average Bonchev–Trinajstić information content (AvgIpc) is 0.782. The number of benzene rings is 2. The topological polar surface area (TPSA) is 572 Å². The van der Waals surface area contributed by atoms with E-state index in [1.165, 1.54) is 61.1 Å². The van der Waals surface area contributed by atoms with E-state index in [4.69, 9.17) is 9.47 Å². The molecule has 3 aromatic carbocycles. The lowest BCUT2D eigenvalue weighted by Gasteiger charge is -2.42. The van der Waals surface area contributed by atoms with Crippen molar-refractivity contribution < 1.29 is 112 Å². The zero-order chi connectivity index (χ0) is 94.8. The molecule has 2 aliphatic rings. The summed E-state index contributed by atoms with van der Waals surface area (Å²) >= 11 is 0. The highest BCUT2D eigenvalue weighted by Gasteiger charge is 2.36. The maximum absolute atomic E-state index is 13.6. The molecule has 2 fully saturated rings. The molecule has 0 saturated carbocycles. The van der Waals surface area contributed by atoms with Crippen molar-refractivity contribution >= 4 is 123 Å². The van der Waals surface area contributed by atoms with Crippen molar-refractivity contribution in [2.45, 2.75) is 206 Å². The van der Waals surface area contributed by atoms with Crippen molar-refractivity contribution in [3.05, 3.63) is 80.1 Å². The second-order valence-corrected chi connectivity index (χ2v) is 32.8. The van der Waals surface area contributed by atoms with Crippen LogP contribution in [0.3, 0.4) is 0 Å². The van der Waals surface area contributed by atoms with Gasteiger partial charge in [0.1, 0.15) is 64.4 Å². The number of carboxylic acid groups (broad SMARTS) is 7. The molecule has 41 heteroatoms. The molecule has 0 amide bonds.